The minimum Gasteiger partial charge on any atom is -0.367 e. The first-order valence-electron chi connectivity index (χ1n) is 7.35. The number of rotatable bonds is 3. The van der Waals surface area contributed by atoms with Crippen LogP contribution in [0, 0.1) is 13.8 Å². The van der Waals surface area contributed by atoms with Gasteiger partial charge < -0.3 is 15.5 Å². The first kappa shape index (κ1) is 14.4. The van der Waals surface area contributed by atoms with Gasteiger partial charge in [-0.15, -0.1) is 0 Å². The van der Waals surface area contributed by atoms with Gasteiger partial charge in [-0.1, -0.05) is 18.2 Å². The smallest absolute Gasteiger partial charge is 0.0429 e. The summed E-state index contributed by atoms with van der Waals surface area (Å²) >= 11 is 0. The average molecular weight is 261 g/mol. The molecule has 0 spiro atoms. The molecule has 2 N–H and O–H groups in total. The topological polar surface area (TPSA) is 32.5 Å². The SMILES string of the molecule is Cc1cccc(C)c1N1CCCN(C)CC1CCN. The molecule has 0 bridgehead atoms. The maximum atomic E-state index is 5.83. The molecule has 3 nitrogen and oxygen atoms in total. The third kappa shape index (κ3) is 3.28. The minimum atomic E-state index is 0.539. The van der Waals surface area contributed by atoms with Crippen LogP contribution in [0.5, 0.6) is 0 Å². The van der Waals surface area contributed by atoms with Crippen LogP contribution in [0.4, 0.5) is 5.69 Å². The van der Waals surface area contributed by atoms with E-state index in [-0.39, 0.29) is 0 Å². The van der Waals surface area contributed by atoms with E-state index in [1.807, 2.05) is 0 Å². The molecule has 106 valence electrons. The molecule has 1 atom stereocenters. The van der Waals surface area contributed by atoms with Crippen molar-refractivity contribution < 1.29 is 0 Å². The van der Waals surface area contributed by atoms with Crippen molar-refractivity contribution in [2.24, 2.45) is 5.73 Å². The molecule has 1 fully saturated rings. The van der Waals surface area contributed by atoms with E-state index in [0.717, 1.165) is 26.1 Å². The molecular weight excluding hydrogens is 234 g/mol. The van der Waals surface area contributed by atoms with Gasteiger partial charge in [0.25, 0.3) is 0 Å². The molecule has 1 heterocycles. The second kappa shape index (κ2) is 6.40. The highest BCUT2D eigenvalue weighted by Gasteiger charge is 2.24. The highest BCUT2D eigenvalue weighted by molar-refractivity contribution is 5.59. The Morgan fingerprint density at radius 2 is 1.89 bits per heavy atom. The van der Waals surface area contributed by atoms with Gasteiger partial charge in [-0.25, -0.2) is 0 Å². The number of benzene rings is 1. The largest absolute Gasteiger partial charge is 0.367 e. The van der Waals surface area contributed by atoms with E-state index in [0.29, 0.717) is 6.04 Å². The van der Waals surface area contributed by atoms with Gasteiger partial charge in [-0.3, -0.25) is 0 Å². The van der Waals surface area contributed by atoms with Crippen LogP contribution in [-0.4, -0.2) is 44.2 Å². The van der Waals surface area contributed by atoms with Crippen LogP contribution >= 0.6 is 0 Å². The zero-order valence-electron chi connectivity index (χ0n) is 12.5. The normalized spacial score (nSPS) is 21.5. The maximum Gasteiger partial charge on any atom is 0.0429 e. The molecule has 0 aliphatic carbocycles. The number of hydrogen-bond acceptors (Lipinski definition) is 3. The Kier molecular flexibility index (Phi) is 4.83. The lowest BCUT2D eigenvalue weighted by molar-refractivity contribution is 0.326. The van der Waals surface area contributed by atoms with Crippen molar-refractivity contribution in [1.82, 2.24) is 4.90 Å². The van der Waals surface area contributed by atoms with Gasteiger partial charge in [0.05, 0.1) is 0 Å². The summed E-state index contributed by atoms with van der Waals surface area (Å²) in [6.07, 6.45) is 2.30. The van der Waals surface area contributed by atoms with E-state index in [4.69, 9.17) is 5.73 Å². The number of nitrogens with two attached hydrogens (primary N) is 1. The van der Waals surface area contributed by atoms with E-state index >= 15 is 0 Å². The third-order valence-corrected chi connectivity index (χ3v) is 4.13. The van der Waals surface area contributed by atoms with Crippen molar-refractivity contribution in [3.8, 4) is 0 Å². The molecule has 0 saturated carbocycles. The molecule has 2 rings (SSSR count). The standard InChI is InChI=1S/C16H27N3/c1-13-6-4-7-14(2)16(13)19-11-5-10-18(3)12-15(19)8-9-17/h4,6-7,15H,5,8-12,17H2,1-3H3. The van der Waals surface area contributed by atoms with Crippen molar-refractivity contribution in [3.63, 3.8) is 0 Å². The number of likely N-dealkylation sites (N-methyl/N-ethyl adjacent to an activating group) is 1. The summed E-state index contributed by atoms with van der Waals surface area (Å²) in [4.78, 5) is 5.04. The Hall–Kier alpha value is -1.06. The van der Waals surface area contributed by atoms with Crippen LogP contribution in [-0.2, 0) is 0 Å². The van der Waals surface area contributed by atoms with Crippen molar-refractivity contribution in [1.29, 1.82) is 0 Å². The highest BCUT2D eigenvalue weighted by Crippen LogP contribution is 2.28. The molecule has 1 aliphatic heterocycles. The van der Waals surface area contributed by atoms with Gasteiger partial charge in [0.1, 0.15) is 0 Å². The second-order valence-corrected chi connectivity index (χ2v) is 5.78. The average Bonchev–Trinajstić information content (AvgIpc) is 2.52. The molecule has 1 saturated heterocycles. The monoisotopic (exact) mass is 261 g/mol. The lowest BCUT2D eigenvalue weighted by Crippen LogP contribution is -2.42. The Morgan fingerprint density at radius 1 is 1.21 bits per heavy atom. The van der Waals surface area contributed by atoms with E-state index in [1.165, 1.54) is 29.8 Å². The lowest BCUT2D eigenvalue weighted by Gasteiger charge is -2.35. The summed E-state index contributed by atoms with van der Waals surface area (Å²) in [7, 11) is 2.22. The summed E-state index contributed by atoms with van der Waals surface area (Å²) in [6, 6.07) is 7.13. The number of para-hydroxylation sites is 1. The number of hydrogen-bond donors (Lipinski definition) is 1. The van der Waals surface area contributed by atoms with E-state index < -0.39 is 0 Å². The predicted octanol–water partition coefficient (Wildman–Crippen LogP) is 2.16. The van der Waals surface area contributed by atoms with E-state index in [9.17, 15) is 0 Å². The van der Waals surface area contributed by atoms with Crippen LogP contribution in [0.25, 0.3) is 0 Å². The fourth-order valence-electron chi connectivity index (χ4n) is 3.24. The maximum absolute atomic E-state index is 5.83. The number of aryl methyl sites for hydroxylation is 2. The molecule has 1 aromatic carbocycles. The molecule has 1 aromatic rings. The molecule has 3 heteroatoms. The summed E-state index contributed by atoms with van der Waals surface area (Å²) < 4.78 is 0. The van der Waals surface area contributed by atoms with Crippen molar-refractivity contribution >= 4 is 5.69 Å². The Morgan fingerprint density at radius 3 is 2.53 bits per heavy atom. The Balaban J connectivity index is 2.33. The number of anilines is 1. The Bertz CT molecular complexity index is 396. The van der Waals surface area contributed by atoms with Gasteiger partial charge in [-0.2, -0.15) is 0 Å². The fraction of sp³-hybridized carbons (Fsp3) is 0.625. The van der Waals surface area contributed by atoms with Crippen LogP contribution in [0.1, 0.15) is 24.0 Å². The fourth-order valence-corrected chi connectivity index (χ4v) is 3.24. The van der Waals surface area contributed by atoms with Crippen molar-refractivity contribution in [2.75, 3.05) is 38.1 Å². The molecular formula is C16H27N3. The van der Waals surface area contributed by atoms with Gasteiger partial charge in [-0.05, 0) is 58.0 Å². The molecule has 0 radical (unpaired) electrons. The van der Waals surface area contributed by atoms with E-state index in [1.54, 1.807) is 0 Å². The predicted molar refractivity (Wildman–Crippen MR) is 82.8 cm³/mol. The zero-order valence-corrected chi connectivity index (χ0v) is 12.5. The zero-order chi connectivity index (χ0) is 13.8. The molecule has 19 heavy (non-hydrogen) atoms. The summed E-state index contributed by atoms with van der Waals surface area (Å²) in [5.74, 6) is 0. The first-order valence-corrected chi connectivity index (χ1v) is 7.35. The van der Waals surface area contributed by atoms with E-state index in [2.05, 4.69) is 48.9 Å². The first-order chi connectivity index (χ1) is 9.13. The third-order valence-electron chi connectivity index (χ3n) is 4.13. The van der Waals surface area contributed by atoms with Crippen LogP contribution in [0.3, 0.4) is 0 Å². The van der Waals surface area contributed by atoms with Crippen LogP contribution < -0.4 is 10.6 Å². The molecule has 1 unspecified atom stereocenters. The second-order valence-electron chi connectivity index (χ2n) is 5.78. The van der Waals surface area contributed by atoms with Gasteiger partial charge in [0.2, 0.25) is 0 Å². The number of nitrogens with zero attached hydrogens (tertiary/aromatic N) is 2. The van der Waals surface area contributed by atoms with Crippen LogP contribution in [0.2, 0.25) is 0 Å². The van der Waals surface area contributed by atoms with Crippen LogP contribution in [0.15, 0.2) is 18.2 Å². The molecule has 1 aliphatic rings. The highest BCUT2D eigenvalue weighted by atomic mass is 15.2. The molecule has 0 aromatic heterocycles. The van der Waals surface area contributed by atoms with Gasteiger partial charge in [0.15, 0.2) is 0 Å². The van der Waals surface area contributed by atoms with Gasteiger partial charge in [0, 0.05) is 24.8 Å². The van der Waals surface area contributed by atoms with Gasteiger partial charge >= 0.3 is 0 Å². The Labute approximate surface area is 117 Å². The summed E-state index contributed by atoms with van der Waals surface area (Å²) in [5, 5.41) is 0. The molecule has 0 amide bonds. The summed E-state index contributed by atoms with van der Waals surface area (Å²) in [6.45, 7) is 8.64. The van der Waals surface area contributed by atoms with Crippen molar-refractivity contribution in [3.05, 3.63) is 29.3 Å². The van der Waals surface area contributed by atoms with Crippen molar-refractivity contribution in [2.45, 2.75) is 32.7 Å². The lowest BCUT2D eigenvalue weighted by atomic mass is 10.0. The quantitative estimate of drug-likeness (QED) is 0.905. The minimum absolute atomic E-state index is 0.539. The summed E-state index contributed by atoms with van der Waals surface area (Å²) in [5.41, 5.74) is 10.0.